The molecule has 1 rings (SSSR count). The van der Waals surface area contributed by atoms with Gasteiger partial charge in [0, 0.05) is 6.42 Å². The number of rotatable bonds is 5. The Kier molecular flexibility index (Phi) is 5.97. The van der Waals surface area contributed by atoms with Crippen LogP contribution >= 0.6 is 0 Å². The van der Waals surface area contributed by atoms with Crippen molar-refractivity contribution in [2.24, 2.45) is 0 Å². The highest BCUT2D eigenvalue weighted by molar-refractivity contribution is 5.76. The topological polar surface area (TPSA) is 119 Å². The number of aliphatic hydroxyl groups excluding tert-OH is 4. The molecule has 0 aliphatic carbocycles. The monoisotopic (exact) mass is 263 g/mol. The lowest BCUT2D eigenvalue weighted by atomic mass is 9.97. The first-order valence-corrected chi connectivity index (χ1v) is 6.11. The number of hydrogen-bond donors (Lipinski definition) is 5. The van der Waals surface area contributed by atoms with Crippen LogP contribution in [0.25, 0.3) is 0 Å². The fourth-order valence-corrected chi connectivity index (χ4v) is 1.85. The molecule has 0 aromatic heterocycles. The van der Waals surface area contributed by atoms with E-state index in [9.17, 15) is 20.1 Å². The number of carbonyl (C=O) groups is 1. The Morgan fingerprint density at radius 1 is 1.28 bits per heavy atom. The lowest BCUT2D eigenvalue weighted by molar-refractivity contribution is -0.253. The van der Waals surface area contributed by atoms with Crippen molar-refractivity contribution in [2.45, 2.75) is 56.8 Å². The van der Waals surface area contributed by atoms with Gasteiger partial charge in [0.1, 0.15) is 24.4 Å². The van der Waals surface area contributed by atoms with Crippen LogP contribution in [-0.4, -0.2) is 63.6 Å². The van der Waals surface area contributed by atoms with Crippen molar-refractivity contribution in [3.05, 3.63) is 0 Å². The van der Waals surface area contributed by atoms with Gasteiger partial charge in [-0.25, -0.2) is 0 Å². The summed E-state index contributed by atoms with van der Waals surface area (Å²) in [6.45, 7) is 1.42. The van der Waals surface area contributed by atoms with E-state index in [2.05, 4.69) is 5.32 Å². The molecule has 1 fully saturated rings. The van der Waals surface area contributed by atoms with Gasteiger partial charge in [-0.1, -0.05) is 13.3 Å². The molecule has 0 bridgehead atoms. The zero-order chi connectivity index (χ0) is 13.7. The zero-order valence-corrected chi connectivity index (χ0v) is 10.3. The van der Waals surface area contributed by atoms with Crippen molar-refractivity contribution in [1.29, 1.82) is 0 Å². The van der Waals surface area contributed by atoms with Crippen LogP contribution < -0.4 is 5.32 Å². The minimum atomic E-state index is -1.45. The van der Waals surface area contributed by atoms with Crippen molar-refractivity contribution < 1.29 is 30.0 Å². The van der Waals surface area contributed by atoms with Crippen molar-refractivity contribution >= 4 is 5.91 Å². The van der Waals surface area contributed by atoms with Gasteiger partial charge in [-0.05, 0) is 6.42 Å². The maximum absolute atomic E-state index is 11.5. The van der Waals surface area contributed by atoms with Crippen molar-refractivity contribution in [3.8, 4) is 0 Å². The van der Waals surface area contributed by atoms with Crippen LogP contribution in [0.5, 0.6) is 0 Å². The zero-order valence-electron chi connectivity index (χ0n) is 10.3. The molecule has 18 heavy (non-hydrogen) atoms. The summed E-state index contributed by atoms with van der Waals surface area (Å²) < 4.78 is 4.92. The summed E-state index contributed by atoms with van der Waals surface area (Å²) >= 11 is 0. The minimum Gasteiger partial charge on any atom is -0.394 e. The molecule has 1 saturated heterocycles. The molecule has 0 spiro atoms. The third-order valence-corrected chi connectivity index (χ3v) is 2.99. The number of ether oxygens (including phenoxy) is 1. The van der Waals surface area contributed by atoms with Gasteiger partial charge < -0.3 is 30.5 Å². The SMILES string of the molecule is CCCCC(=O)NC1C(O)OC(CO)[C@@H](O)[C@H]1O. The first-order chi connectivity index (χ1) is 8.51. The predicted octanol–water partition coefficient (Wildman–Crippen LogP) is -1.91. The minimum absolute atomic E-state index is 0.284. The van der Waals surface area contributed by atoms with Gasteiger partial charge in [-0.3, -0.25) is 4.79 Å². The number of hydrogen-bond acceptors (Lipinski definition) is 6. The molecule has 5 N–H and O–H groups in total. The Morgan fingerprint density at radius 3 is 2.50 bits per heavy atom. The number of amides is 1. The summed E-state index contributed by atoms with van der Waals surface area (Å²) in [5.74, 6) is -0.321. The molecular formula is C11H21NO6. The average Bonchev–Trinajstić information content (AvgIpc) is 2.36. The summed E-state index contributed by atoms with van der Waals surface area (Å²) in [4.78, 5) is 11.5. The Bertz CT molecular complexity index is 274. The number of aliphatic hydroxyl groups is 4. The van der Waals surface area contributed by atoms with Crippen LogP contribution in [0.4, 0.5) is 0 Å². The van der Waals surface area contributed by atoms with Gasteiger partial charge in [-0.2, -0.15) is 0 Å². The van der Waals surface area contributed by atoms with E-state index in [1.807, 2.05) is 6.92 Å². The summed E-state index contributed by atoms with van der Waals surface area (Å²) in [7, 11) is 0. The van der Waals surface area contributed by atoms with E-state index in [0.717, 1.165) is 6.42 Å². The van der Waals surface area contributed by atoms with Crippen molar-refractivity contribution in [3.63, 3.8) is 0 Å². The highest BCUT2D eigenvalue weighted by Crippen LogP contribution is 2.19. The van der Waals surface area contributed by atoms with Crippen LogP contribution in [0, 0.1) is 0 Å². The van der Waals surface area contributed by atoms with Gasteiger partial charge in [0.05, 0.1) is 6.61 Å². The van der Waals surface area contributed by atoms with Gasteiger partial charge in [0.25, 0.3) is 0 Å². The molecule has 1 heterocycles. The third-order valence-electron chi connectivity index (χ3n) is 2.99. The predicted molar refractivity (Wildman–Crippen MR) is 61.4 cm³/mol. The quantitative estimate of drug-likeness (QED) is 0.395. The summed E-state index contributed by atoms with van der Waals surface area (Å²) in [5.41, 5.74) is 0. The molecule has 0 saturated carbocycles. The number of carbonyl (C=O) groups excluding carboxylic acids is 1. The molecule has 1 amide bonds. The van der Waals surface area contributed by atoms with Crippen LogP contribution in [0.15, 0.2) is 0 Å². The molecule has 5 atom stereocenters. The largest absolute Gasteiger partial charge is 0.394 e. The van der Waals surface area contributed by atoms with E-state index in [-0.39, 0.29) is 12.3 Å². The second-order valence-electron chi connectivity index (χ2n) is 4.43. The lowest BCUT2D eigenvalue weighted by Crippen LogP contribution is -2.64. The lowest BCUT2D eigenvalue weighted by Gasteiger charge is -2.40. The Labute approximate surface area is 105 Å². The maximum Gasteiger partial charge on any atom is 0.220 e. The molecule has 1 aliphatic heterocycles. The summed E-state index contributed by atoms with van der Waals surface area (Å²) in [5, 5.41) is 40.3. The average molecular weight is 263 g/mol. The second-order valence-corrected chi connectivity index (χ2v) is 4.43. The van der Waals surface area contributed by atoms with Crippen molar-refractivity contribution in [1.82, 2.24) is 5.32 Å². The molecule has 106 valence electrons. The number of nitrogens with one attached hydrogen (secondary N) is 1. The molecule has 0 aromatic rings. The van der Waals surface area contributed by atoms with Crippen molar-refractivity contribution in [2.75, 3.05) is 6.61 Å². The summed E-state index contributed by atoms with van der Waals surface area (Å²) in [6, 6.07) is -1.09. The van der Waals surface area contributed by atoms with E-state index in [4.69, 9.17) is 9.84 Å². The fraction of sp³-hybridized carbons (Fsp3) is 0.909. The van der Waals surface area contributed by atoms with E-state index < -0.39 is 37.3 Å². The standard InChI is InChI=1S/C11H21NO6/c1-2-3-4-7(14)12-8-10(16)9(15)6(5-13)18-11(8)17/h6,8-11,13,15-17H,2-5H2,1H3,(H,12,14)/t6?,8?,9-,10+,11?/m1/s1. The van der Waals surface area contributed by atoms with Crippen LogP contribution in [0.1, 0.15) is 26.2 Å². The van der Waals surface area contributed by atoms with E-state index in [1.165, 1.54) is 0 Å². The maximum atomic E-state index is 11.5. The molecule has 7 heteroatoms. The Balaban J connectivity index is 2.57. The van der Waals surface area contributed by atoms with Crippen LogP contribution in [0.2, 0.25) is 0 Å². The fourth-order valence-electron chi connectivity index (χ4n) is 1.85. The van der Waals surface area contributed by atoms with Gasteiger partial charge in [-0.15, -0.1) is 0 Å². The van der Waals surface area contributed by atoms with Crippen LogP contribution in [-0.2, 0) is 9.53 Å². The first-order valence-electron chi connectivity index (χ1n) is 6.11. The Hall–Kier alpha value is -0.730. The smallest absolute Gasteiger partial charge is 0.220 e. The molecule has 3 unspecified atom stereocenters. The highest BCUT2D eigenvalue weighted by Gasteiger charge is 2.44. The molecule has 0 aromatic carbocycles. The van der Waals surface area contributed by atoms with E-state index >= 15 is 0 Å². The molecule has 0 radical (unpaired) electrons. The third kappa shape index (κ3) is 3.63. The Morgan fingerprint density at radius 2 is 1.94 bits per heavy atom. The summed E-state index contributed by atoms with van der Waals surface area (Å²) in [6.07, 6.45) is -3.40. The molecular weight excluding hydrogens is 242 g/mol. The second kappa shape index (κ2) is 7.01. The van der Waals surface area contributed by atoms with E-state index in [0.29, 0.717) is 6.42 Å². The van der Waals surface area contributed by atoms with E-state index in [1.54, 1.807) is 0 Å². The number of unbranched alkanes of at least 4 members (excludes halogenated alkanes) is 1. The van der Waals surface area contributed by atoms with Gasteiger partial charge in [0.15, 0.2) is 6.29 Å². The highest BCUT2D eigenvalue weighted by atomic mass is 16.6. The molecule has 7 nitrogen and oxygen atoms in total. The van der Waals surface area contributed by atoms with Gasteiger partial charge >= 0.3 is 0 Å². The molecule has 1 aliphatic rings. The van der Waals surface area contributed by atoms with Crippen LogP contribution in [0.3, 0.4) is 0 Å². The van der Waals surface area contributed by atoms with Gasteiger partial charge in [0.2, 0.25) is 5.91 Å². The normalized spacial score (nSPS) is 36.4. The first kappa shape index (κ1) is 15.3.